The van der Waals surface area contributed by atoms with Crippen LogP contribution < -0.4 is 5.73 Å². The van der Waals surface area contributed by atoms with Crippen molar-refractivity contribution in [3.63, 3.8) is 0 Å². The van der Waals surface area contributed by atoms with Gasteiger partial charge in [-0.05, 0) is 43.5 Å². The summed E-state index contributed by atoms with van der Waals surface area (Å²) in [5.41, 5.74) is 11.5. The molecule has 1 heterocycles. The molecule has 2 N–H and O–H groups in total. The Morgan fingerprint density at radius 1 is 1.25 bits per heavy atom. The lowest BCUT2D eigenvalue weighted by atomic mass is 10.0. The molecule has 0 saturated carbocycles. The van der Waals surface area contributed by atoms with Crippen molar-refractivity contribution in [3.8, 4) is 0 Å². The standard InChI is InChI=1S/C14H18N2/c1-4-5-11-6-7-13-12(8-11)14(15)9(2)10(3)16-13/h6-8H,4-5H2,1-3H3,(H2,15,16). The lowest BCUT2D eigenvalue weighted by Crippen LogP contribution is -1.98. The smallest absolute Gasteiger partial charge is 0.0726 e. The zero-order valence-corrected chi connectivity index (χ0v) is 10.2. The van der Waals surface area contributed by atoms with E-state index in [-0.39, 0.29) is 0 Å². The molecule has 0 saturated heterocycles. The number of hydrogen-bond donors (Lipinski definition) is 1. The van der Waals surface area contributed by atoms with Gasteiger partial charge in [-0.2, -0.15) is 0 Å². The Hall–Kier alpha value is -1.57. The topological polar surface area (TPSA) is 38.9 Å². The highest BCUT2D eigenvalue weighted by molar-refractivity contribution is 5.92. The van der Waals surface area contributed by atoms with Gasteiger partial charge in [-0.15, -0.1) is 0 Å². The van der Waals surface area contributed by atoms with Crippen LogP contribution in [0.3, 0.4) is 0 Å². The summed E-state index contributed by atoms with van der Waals surface area (Å²) in [5, 5.41) is 1.09. The fourth-order valence-corrected chi connectivity index (χ4v) is 2.00. The second-order valence-electron chi connectivity index (χ2n) is 4.34. The second-order valence-corrected chi connectivity index (χ2v) is 4.34. The SMILES string of the molecule is CCCc1ccc2nc(C)c(C)c(N)c2c1. The molecule has 1 aromatic carbocycles. The predicted octanol–water partition coefficient (Wildman–Crippen LogP) is 3.39. The highest BCUT2D eigenvalue weighted by Gasteiger charge is 2.06. The molecule has 2 aromatic rings. The number of anilines is 1. The van der Waals surface area contributed by atoms with Crippen LogP contribution in [0.25, 0.3) is 10.9 Å². The van der Waals surface area contributed by atoms with Gasteiger partial charge >= 0.3 is 0 Å². The highest BCUT2D eigenvalue weighted by atomic mass is 14.7. The van der Waals surface area contributed by atoms with Crippen molar-refractivity contribution in [2.75, 3.05) is 5.73 Å². The molecule has 1 aromatic heterocycles. The van der Waals surface area contributed by atoms with E-state index in [1.165, 1.54) is 5.56 Å². The number of nitrogens with zero attached hydrogens (tertiary/aromatic N) is 1. The van der Waals surface area contributed by atoms with Gasteiger partial charge in [-0.25, -0.2) is 0 Å². The van der Waals surface area contributed by atoms with E-state index in [1.807, 2.05) is 13.8 Å². The van der Waals surface area contributed by atoms with Crippen LogP contribution in [-0.4, -0.2) is 4.98 Å². The van der Waals surface area contributed by atoms with Gasteiger partial charge < -0.3 is 5.73 Å². The summed E-state index contributed by atoms with van der Waals surface area (Å²) < 4.78 is 0. The minimum Gasteiger partial charge on any atom is -0.398 e. The number of hydrogen-bond acceptors (Lipinski definition) is 2. The van der Waals surface area contributed by atoms with Crippen molar-refractivity contribution in [1.82, 2.24) is 4.98 Å². The van der Waals surface area contributed by atoms with Gasteiger partial charge in [-0.1, -0.05) is 19.4 Å². The summed E-state index contributed by atoms with van der Waals surface area (Å²) in [6.07, 6.45) is 2.26. The van der Waals surface area contributed by atoms with Crippen LogP contribution >= 0.6 is 0 Å². The van der Waals surface area contributed by atoms with Crippen molar-refractivity contribution < 1.29 is 0 Å². The highest BCUT2D eigenvalue weighted by Crippen LogP contribution is 2.26. The number of aromatic nitrogens is 1. The molecule has 2 heteroatoms. The lowest BCUT2D eigenvalue weighted by Gasteiger charge is -2.09. The maximum Gasteiger partial charge on any atom is 0.0726 e. The Bertz CT molecular complexity index is 530. The molecule has 0 spiro atoms. The first-order valence-electron chi connectivity index (χ1n) is 5.78. The van der Waals surface area contributed by atoms with Crippen molar-refractivity contribution >= 4 is 16.6 Å². The molecule has 0 aliphatic heterocycles. The molecule has 2 nitrogen and oxygen atoms in total. The van der Waals surface area contributed by atoms with E-state index in [1.54, 1.807) is 0 Å². The van der Waals surface area contributed by atoms with Crippen LogP contribution in [0.4, 0.5) is 5.69 Å². The number of rotatable bonds is 2. The van der Waals surface area contributed by atoms with E-state index < -0.39 is 0 Å². The van der Waals surface area contributed by atoms with Crippen molar-refractivity contribution in [2.45, 2.75) is 33.6 Å². The van der Waals surface area contributed by atoms with Gasteiger partial charge in [0.1, 0.15) is 0 Å². The minimum absolute atomic E-state index is 0.875. The number of benzene rings is 1. The molecule has 84 valence electrons. The molecule has 0 bridgehead atoms. The summed E-state index contributed by atoms with van der Waals surface area (Å²) >= 11 is 0. The Balaban J connectivity index is 2.68. The number of nitrogen functional groups attached to an aromatic ring is 1. The predicted molar refractivity (Wildman–Crippen MR) is 69.6 cm³/mol. The first-order chi connectivity index (χ1) is 7.63. The first-order valence-corrected chi connectivity index (χ1v) is 5.78. The average molecular weight is 214 g/mol. The summed E-state index contributed by atoms with van der Waals surface area (Å²) in [5.74, 6) is 0. The molecule has 2 rings (SSSR count). The fraction of sp³-hybridized carbons (Fsp3) is 0.357. The van der Waals surface area contributed by atoms with Gasteiger partial charge in [0, 0.05) is 16.8 Å². The summed E-state index contributed by atoms with van der Waals surface area (Å²) in [7, 11) is 0. The molecule has 0 unspecified atom stereocenters. The third kappa shape index (κ3) is 1.75. The average Bonchev–Trinajstić information content (AvgIpc) is 2.28. The fourth-order valence-electron chi connectivity index (χ4n) is 2.00. The van der Waals surface area contributed by atoms with E-state index in [4.69, 9.17) is 5.73 Å². The summed E-state index contributed by atoms with van der Waals surface area (Å²) in [6.45, 7) is 6.22. The molecule has 16 heavy (non-hydrogen) atoms. The van der Waals surface area contributed by atoms with Gasteiger partial charge in [0.25, 0.3) is 0 Å². The maximum atomic E-state index is 6.14. The molecule has 0 aliphatic rings. The Kier molecular flexibility index (Phi) is 2.82. The van der Waals surface area contributed by atoms with Gasteiger partial charge in [0.05, 0.1) is 5.52 Å². The normalized spacial score (nSPS) is 10.9. The third-order valence-corrected chi connectivity index (χ3v) is 3.12. The van der Waals surface area contributed by atoms with Crippen molar-refractivity contribution in [3.05, 3.63) is 35.0 Å². The quantitative estimate of drug-likeness (QED) is 0.832. The number of nitrogens with two attached hydrogens (primary N) is 1. The minimum atomic E-state index is 0.875. The molecule has 0 atom stereocenters. The summed E-state index contributed by atoms with van der Waals surface area (Å²) in [6, 6.07) is 6.39. The van der Waals surface area contributed by atoms with E-state index in [9.17, 15) is 0 Å². The molecule has 0 radical (unpaired) electrons. The van der Waals surface area contributed by atoms with Crippen LogP contribution in [0, 0.1) is 13.8 Å². The van der Waals surface area contributed by atoms with E-state index in [0.717, 1.165) is 40.7 Å². The number of pyridine rings is 1. The van der Waals surface area contributed by atoms with E-state index >= 15 is 0 Å². The maximum absolute atomic E-state index is 6.14. The van der Waals surface area contributed by atoms with Crippen LogP contribution in [0.15, 0.2) is 18.2 Å². The van der Waals surface area contributed by atoms with Gasteiger partial charge in [0.2, 0.25) is 0 Å². The molecule has 0 fully saturated rings. The van der Waals surface area contributed by atoms with Gasteiger partial charge in [-0.3, -0.25) is 4.98 Å². The van der Waals surface area contributed by atoms with E-state index in [2.05, 4.69) is 30.1 Å². The van der Waals surface area contributed by atoms with Crippen LogP contribution in [0.1, 0.15) is 30.2 Å². The zero-order valence-electron chi connectivity index (χ0n) is 10.2. The summed E-state index contributed by atoms with van der Waals surface area (Å²) in [4.78, 5) is 4.56. The lowest BCUT2D eigenvalue weighted by molar-refractivity contribution is 0.923. The van der Waals surface area contributed by atoms with Crippen LogP contribution in [0.5, 0.6) is 0 Å². The molecule has 0 aliphatic carbocycles. The van der Waals surface area contributed by atoms with Crippen LogP contribution in [0.2, 0.25) is 0 Å². The molecular formula is C14H18N2. The largest absolute Gasteiger partial charge is 0.398 e. The second kappa shape index (κ2) is 4.12. The van der Waals surface area contributed by atoms with Crippen molar-refractivity contribution in [1.29, 1.82) is 0 Å². The third-order valence-electron chi connectivity index (χ3n) is 3.12. The van der Waals surface area contributed by atoms with E-state index in [0.29, 0.717) is 0 Å². The van der Waals surface area contributed by atoms with Crippen LogP contribution in [-0.2, 0) is 6.42 Å². The monoisotopic (exact) mass is 214 g/mol. The Labute approximate surface area is 96.5 Å². The zero-order chi connectivity index (χ0) is 11.7. The molecular weight excluding hydrogens is 196 g/mol. The Morgan fingerprint density at radius 2 is 2.00 bits per heavy atom. The van der Waals surface area contributed by atoms with Crippen molar-refractivity contribution in [2.24, 2.45) is 0 Å². The Morgan fingerprint density at radius 3 is 2.69 bits per heavy atom. The first kappa shape index (κ1) is 10.9. The van der Waals surface area contributed by atoms with Gasteiger partial charge in [0.15, 0.2) is 0 Å². The number of aryl methyl sites for hydroxylation is 2. The molecule has 0 amide bonds. The number of fused-ring (bicyclic) bond motifs is 1.